The Labute approximate surface area is 154 Å². The zero-order valence-corrected chi connectivity index (χ0v) is 15.7. The first-order valence-electron chi connectivity index (χ1n) is 8.66. The van der Waals surface area contributed by atoms with E-state index in [2.05, 4.69) is 10.6 Å². The molecule has 2 rings (SSSR count). The number of amides is 2. The van der Waals surface area contributed by atoms with E-state index in [0.29, 0.717) is 0 Å². The van der Waals surface area contributed by atoms with Crippen LogP contribution in [0.3, 0.4) is 0 Å². The summed E-state index contributed by atoms with van der Waals surface area (Å²) in [6.45, 7) is 5.37. The van der Waals surface area contributed by atoms with Gasteiger partial charge in [-0.3, -0.25) is 9.59 Å². The van der Waals surface area contributed by atoms with E-state index < -0.39 is 0 Å². The lowest BCUT2D eigenvalue weighted by Gasteiger charge is -2.21. The third kappa shape index (κ3) is 5.34. The van der Waals surface area contributed by atoms with Crippen molar-refractivity contribution in [2.24, 2.45) is 0 Å². The van der Waals surface area contributed by atoms with Gasteiger partial charge in [0.1, 0.15) is 5.75 Å². The summed E-state index contributed by atoms with van der Waals surface area (Å²) in [6.07, 6.45) is 0.169. The molecule has 2 aromatic carbocycles. The van der Waals surface area contributed by atoms with E-state index >= 15 is 0 Å². The van der Waals surface area contributed by atoms with Gasteiger partial charge < -0.3 is 15.4 Å². The van der Waals surface area contributed by atoms with Crippen LogP contribution in [0.25, 0.3) is 0 Å². The summed E-state index contributed by atoms with van der Waals surface area (Å²) in [5, 5.41) is 5.85. The minimum absolute atomic E-state index is 0.135. The Bertz CT molecular complexity index is 759. The molecule has 0 aliphatic heterocycles. The Hall–Kier alpha value is -2.82. The maximum absolute atomic E-state index is 12.6. The number of ether oxygens (including phenoxy) is 1. The summed E-state index contributed by atoms with van der Waals surface area (Å²) in [5.41, 5.74) is 2.93. The van der Waals surface area contributed by atoms with E-state index in [1.54, 1.807) is 7.11 Å². The monoisotopic (exact) mass is 354 g/mol. The second kappa shape index (κ2) is 9.04. The highest BCUT2D eigenvalue weighted by Crippen LogP contribution is 2.26. The van der Waals surface area contributed by atoms with Crippen molar-refractivity contribution in [3.05, 3.63) is 65.2 Å². The molecular formula is C21H26N2O3. The number of aryl methyl sites for hydroxylation is 1. The molecule has 0 spiro atoms. The number of hydrogen-bond donors (Lipinski definition) is 2. The number of carbonyl (C=O) groups is 2. The van der Waals surface area contributed by atoms with Crippen LogP contribution >= 0.6 is 0 Å². The molecule has 2 aromatic rings. The van der Waals surface area contributed by atoms with Crippen molar-refractivity contribution in [3.63, 3.8) is 0 Å². The van der Waals surface area contributed by atoms with Gasteiger partial charge in [0.2, 0.25) is 11.8 Å². The molecule has 2 N–H and O–H groups in total. The molecule has 0 aliphatic carbocycles. The van der Waals surface area contributed by atoms with Crippen molar-refractivity contribution in [1.82, 2.24) is 10.6 Å². The standard InChI is InChI=1S/C21H26N2O3/c1-14-10-11-20(26-4)18(12-14)15(2)22-21(25)13-19(23-16(3)24)17-8-6-5-7-9-17/h5-12,15,19H,13H2,1-4H3,(H,22,25)(H,23,24)/t15-,19-/m0/s1. The van der Waals surface area contributed by atoms with E-state index in [4.69, 9.17) is 4.74 Å². The van der Waals surface area contributed by atoms with E-state index in [9.17, 15) is 9.59 Å². The van der Waals surface area contributed by atoms with Crippen molar-refractivity contribution in [2.45, 2.75) is 39.3 Å². The average Bonchev–Trinajstić information content (AvgIpc) is 2.61. The second-order valence-corrected chi connectivity index (χ2v) is 6.40. The molecule has 26 heavy (non-hydrogen) atoms. The molecule has 0 fully saturated rings. The Morgan fingerprint density at radius 3 is 2.38 bits per heavy atom. The summed E-state index contributed by atoms with van der Waals surface area (Å²) >= 11 is 0. The number of nitrogens with one attached hydrogen (secondary N) is 2. The van der Waals surface area contributed by atoms with Gasteiger partial charge in [-0.2, -0.15) is 0 Å². The van der Waals surface area contributed by atoms with Gasteiger partial charge in [-0.25, -0.2) is 0 Å². The molecule has 0 saturated carbocycles. The van der Waals surface area contributed by atoms with Crippen LogP contribution in [0.1, 0.15) is 49.0 Å². The van der Waals surface area contributed by atoms with Crippen LogP contribution in [0, 0.1) is 6.92 Å². The van der Waals surface area contributed by atoms with Crippen LogP contribution < -0.4 is 15.4 Å². The van der Waals surface area contributed by atoms with Gasteiger partial charge in [0.25, 0.3) is 0 Å². The fourth-order valence-corrected chi connectivity index (χ4v) is 2.94. The maximum Gasteiger partial charge on any atom is 0.222 e. The molecule has 0 aliphatic rings. The first kappa shape index (κ1) is 19.5. The van der Waals surface area contributed by atoms with E-state index in [-0.39, 0.29) is 30.3 Å². The minimum Gasteiger partial charge on any atom is -0.496 e. The second-order valence-electron chi connectivity index (χ2n) is 6.40. The predicted molar refractivity (Wildman–Crippen MR) is 102 cm³/mol. The topological polar surface area (TPSA) is 67.4 Å². The number of methoxy groups -OCH3 is 1. The third-order valence-electron chi connectivity index (χ3n) is 4.20. The highest BCUT2D eigenvalue weighted by Gasteiger charge is 2.20. The maximum atomic E-state index is 12.6. The molecule has 2 atom stereocenters. The lowest BCUT2D eigenvalue weighted by atomic mass is 10.0. The lowest BCUT2D eigenvalue weighted by molar-refractivity contribution is -0.123. The summed E-state index contributed by atoms with van der Waals surface area (Å²) in [5.74, 6) is 0.439. The van der Waals surface area contributed by atoms with Gasteiger partial charge in [0, 0.05) is 12.5 Å². The van der Waals surface area contributed by atoms with Gasteiger partial charge in [-0.1, -0.05) is 48.0 Å². The van der Waals surface area contributed by atoms with Crippen LogP contribution in [0.15, 0.2) is 48.5 Å². The average molecular weight is 354 g/mol. The number of rotatable bonds is 7. The minimum atomic E-state index is -0.361. The molecule has 138 valence electrons. The Balaban J connectivity index is 2.10. The Morgan fingerprint density at radius 1 is 1.08 bits per heavy atom. The normalized spacial score (nSPS) is 12.8. The number of hydrogen-bond acceptors (Lipinski definition) is 3. The lowest BCUT2D eigenvalue weighted by Crippen LogP contribution is -2.33. The number of benzene rings is 2. The Morgan fingerprint density at radius 2 is 1.77 bits per heavy atom. The van der Waals surface area contributed by atoms with Gasteiger partial charge in [-0.15, -0.1) is 0 Å². The summed E-state index contributed by atoms with van der Waals surface area (Å²) in [4.78, 5) is 24.1. The molecule has 5 nitrogen and oxygen atoms in total. The van der Waals surface area contributed by atoms with Crippen LogP contribution in [-0.4, -0.2) is 18.9 Å². The molecule has 0 bridgehead atoms. The highest BCUT2D eigenvalue weighted by molar-refractivity contribution is 5.79. The molecule has 2 amide bonds. The van der Waals surface area contributed by atoms with Crippen molar-refractivity contribution in [3.8, 4) is 5.75 Å². The number of carbonyl (C=O) groups excluding carboxylic acids is 2. The van der Waals surface area contributed by atoms with Gasteiger partial charge >= 0.3 is 0 Å². The zero-order chi connectivity index (χ0) is 19.1. The Kier molecular flexibility index (Phi) is 6.78. The van der Waals surface area contributed by atoms with Crippen LogP contribution in [0.5, 0.6) is 5.75 Å². The molecule has 0 heterocycles. The van der Waals surface area contributed by atoms with Crippen molar-refractivity contribution >= 4 is 11.8 Å². The van der Waals surface area contributed by atoms with Gasteiger partial charge in [-0.05, 0) is 25.5 Å². The van der Waals surface area contributed by atoms with Crippen LogP contribution in [-0.2, 0) is 9.59 Å². The SMILES string of the molecule is COc1ccc(C)cc1[C@H](C)NC(=O)C[C@H](NC(C)=O)c1ccccc1. The largest absolute Gasteiger partial charge is 0.496 e. The molecule has 0 radical (unpaired) electrons. The first-order chi connectivity index (χ1) is 12.4. The molecule has 0 unspecified atom stereocenters. The van der Waals surface area contributed by atoms with Crippen molar-refractivity contribution in [1.29, 1.82) is 0 Å². The zero-order valence-electron chi connectivity index (χ0n) is 15.7. The fourth-order valence-electron chi connectivity index (χ4n) is 2.94. The molecule has 5 heteroatoms. The quantitative estimate of drug-likeness (QED) is 0.800. The van der Waals surface area contributed by atoms with E-state index in [0.717, 1.165) is 22.4 Å². The molecule has 0 aromatic heterocycles. The molecule has 0 saturated heterocycles. The van der Waals surface area contributed by atoms with Crippen LogP contribution in [0.2, 0.25) is 0 Å². The summed E-state index contributed by atoms with van der Waals surface area (Å²) in [7, 11) is 1.62. The third-order valence-corrected chi connectivity index (χ3v) is 4.20. The van der Waals surface area contributed by atoms with Crippen molar-refractivity contribution in [2.75, 3.05) is 7.11 Å². The highest BCUT2D eigenvalue weighted by atomic mass is 16.5. The van der Waals surface area contributed by atoms with Gasteiger partial charge in [0.15, 0.2) is 0 Å². The smallest absolute Gasteiger partial charge is 0.222 e. The van der Waals surface area contributed by atoms with Crippen molar-refractivity contribution < 1.29 is 14.3 Å². The predicted octanol–water partition coefficient (Wildman–Crippen LogP) is 3.45. The fraction of sp³-hybridized carbons (Fsp3) is 0.333. The summed E-state index contributed by atoms with van der Waals surface area (Å²) in [6, 6.07) is 14.8. The van der Waals surface area contributed by atoms with E-state index in [1.165, 1.54) is 6.92 Å². The summed E-state index contributed by atoms with van der Waals surface area (Å²) < 4.78 is 5.40. The van der Waals surface area contributed by atoms with Gasteiger partial charge in [0.05, 0.1) is 25.6 Å². The first-order valence-corrected chi connectivity index (χ1v) is 8.66. The molecular weight excluding hydrogens is 328 g/mol. The van der Waals surface area contributed by atoms with Crippen LogP contribution in [0.4, 0.5) is 0 Å². The van der Waals surface area contributed by atoms with E-state index in [1.807, 2.05) is 62.4 Å².